The summed E-state index contributed by atoms with van der Waals surface area (Å²) in [5.74, 6) is 0.589. The SMILES string of the molecule is COc1cccc2c(C(=O)NCCCc3ccccc3)nn(CCN3CCOCC3)c12. The van der Waals surface area contributed by atoms with E-state index in [1.807, 2.05) is 41.1 Å². The number of hydrogen-bond donors (Lipinski definition) is 1. The molecule has 164 valence electrons. The summed E-state index contributed by atoms with van der Waals surface area (Å²) in [6.07, 6.45) is 1.82. The Morgan fingerprint density at radius 1 is 1.10 bits per heavy atom. The van der Waals surface area contributed by atoms with E-state index in [-0.39, 0.29) is 5.91 Å². The number of morpholine rings is 1. The van der Waals surface area contributed by atoms with Crippen LogP contribution in [0.15, 0.2) is 48.5 Å². The fourth-order valence-electron chi connectivity index (χ4n) is 3.98. The number of carbonyl (C=O) groups is 1. The zero-order valence-corrected chi connectivity index (χ0v) is 18.0. The lowest BCUT2D eigenvalue weighted by Crippen LogP contribution is -2.38. The molecule has 0 radical (unpaired) electrons. The molecule has 31 heavy (non-hydrogen) atoms. The molecule has 0 bridgehead atoms. The highest BCUT2D eigenvalue weighted by Gasteiger charge is 2.20. The molecule has 1 amide bonds. The lowest BCUT2D eigenvalue weighted by molar-refractivity contribution is 0.0361. The first-order valence-corrected chi connectivity index (χ1v) is 10.9. The number of para-hydroxylation sites is 1. The second-order valence-corrected chi connectivity index (χ2v) is 7.73. The van der Waals surface area contributed by atoms with Gasteiger partial charge in [0.2, 0.25) is 0 Å². The molecule has 0 aliphatic carbocycles. The van der Waals surface area contributed by atoms with Gasteiger partial charge in [-0.3, -0.25) is 14.4 Å². The highest BCUT2D eigenvalue weighted by atomic mass is 16.5. The van der Waals surface area contributed by atoms with Crippen molar-refractivity contribution in [2.75, 3.05) is 46.5 Å². The minimum absolute atomic E-state index is 0.142. The van der Waals surface area contributed by atoms with E-state index >= 15 is 0 Å². The molecule has 0 atom stereocenters. The average molecular weight is 423 g/mol. The van der Waals surface area contributed by atoms with Gasteiger partial charge in [0.05, 0.1) is 26.9 Å². The molecule has 4 rings (SSSR count). The molecule has 0 spiro atoms. The Balaban J connectivity index is 1.45. The van der Waals surface area contributed by atoms with Crippen LogP contribution < -0.4 is 10.1 Å². The van der Waals surface area contributed by atoms with Crippen LogP contribution in [-0.4, -0.2) is 67.1 Å². The Hall–Kier alpha value is -2.90. The quantitative estimate of drug-likeness (QED) is 0.537. The molecule has 7 heteroatoms. The van der Waals surface area contributed by atoms with Crippen molar-refractivity contribution in [3.05, 3.63) is 59.8 Å². The van der Waals surface area contributed by atoms with Crippen molar-refractivity contribution in [2.45, 2.75) is 19.4 Å². The van der Waals surface area contributed by atoms with Crippen molar-refractivity contribution in [1.29, 1.82) is 0 Å². The van der Waals surface area contributed by atoms with E-state index in [9.17, 15) is 4.79 Å². The third-order valence-corrected chi connectivity index (χ3v) is 5.67. The van der Waals surface area contributed by atoms with E-state index in [0.717, 1.165) is 62.3 Å². The Labute approximate surface area is 182 Å². The first-order valence-electron chi connectivity index (χ1n) is 10.9. The fraction of sp³-hybridized carbons (Fsp3) is 0.417. The first kappa shape index (κ1) is 21.3. The van der Waals surface area contributed by atoms with Gasteiger partial charge in [0.1, 0.15) is 11.3 Å². The van der Waals surface area contributed by atoms with Gasteiger partial charge in [-0.2, -0.15) is 5.10 Å². The van der Waals surface area contributed by atoms with Crippen molar-refractivity contribution < 1.29 is 14.3 Å². The standard InChI is InChI=1S/C24H30N4O3/c1-30-21-11-5-10-20-22(24(29)25-12-6-9-19-7-3-2-4-8-19)26-28(23(20)21)14-13-27-15-17-31-18-16-27/h2-5,7-8,10-11H,6,9,12-18H2,1H3,(H,25,29). The number of ether oxygens (including phenoxy) is 2. The summed E-state index contributed by atoms with van der Waals surface area (Å²) in [7, 11) is 1.65. The lowest BCUT2D eigenvalue weighted by Gasteiger charge is -2.26. The summed E-state index contributed by atoms with van der Waals surface area (Å²) >= 11 is 0. The number of nitrogens with zero attached hydrogens (tertiary/aromatic N) is 3. The summed E-state index contributed by atoms with van der Waals surface area (Å²) in [5, 5.41) is 8.54. The molecule has 2 heterocycles. The van der Waals surface area contributed by atoms with E-state index in [2.05, 4.69) is 27.4 Å². The van der Waals surface area contributed by atoms with Gasteiger partial charge in [0, 0.05) is 31.6 Å². The lowest BCUT2D eigenvalue weighted by atomic mass is 10.1. The molecule has 0 saturated carbocycles. The number of methoxy groups -OCH3 is 1. The number of fused-ring (bicyclic) bond motifs is 1. The molecular weight excluding hydrogens is 392 g/mol. The van der Waals surface area contributed by atoms with Crippen molar-refractivity contribution in [3.8, 4) is 5.75 Å². The maximum atomic E-state index is 12.9. The maximum absolute atomic E-state index is 12.9. The van der Waals surface area contributed by atoms with Crippen LogP contribution in [0.25, 0.3) is 10.9 Å². The van der Waals surface area contributed by atoms with E-state index in [0.29, 0.717) is 18.8 Å². The van der Waals surface area contributed by atoms with E-state index in [1.165, 1.54) is 5.56 Å². The van der Waals surface area contributed by atoms with Gasteiger partial charge >= 0.3 is 0 Å². The van der Waals surface area contributed by atoms with E-state index in [1.54, 1.807) is 7.11 Å². The first-order chi connectivity index (χ1) is 15.3. The summed E-state index contributed by atoms with van der Waals surface area (Å²) in [6, 6.07) is 16.1. The van der Waals surface area contributed by atoms with Gasteiger partial charge in [-0.25, -0.2) is 0 Å². The molecule has 0 unspecified atom stereocenters. The average Bonchev–Trinajstić information content (AvgIpc) is 3.21. The minimum atomic E-state index is -0.142. The van der Waals surface area contributed by atoms with Gasteiger partial charge in [-0.1, -0.05) is 42.5 Å². The van der Waals surface area contributed by atoms with Crippen LogP contribution in [-0.2, 0) is 17.7 Å². The Morgan fingerprint density at radius 2 is 1.90 bits per heavy atom. The molecule has 1 fully saturated rings. The van der Waals surface area contributed by atoms with Crippen molar-refractivity contribution in [2.24, 2.45) is 0 Å². The predicted molar refractivity (Wildman–Crippen MR) is 121 cm³/mol. The van der Waals surface area contributed by atoms with E-state index in [4.69, 9.17) is 9.47 Å². The third-order valence-electron chi connectivity index (χ3n) is 5.67. The minimum Gasteiger partial charge on any atom is -0.494 e. The largest absolute Gasteiger partial charge is 0.494 e. The van der Waals surface area contributed by atoms with Crippen LogP contribution in [0.2, 0.25) is 0 Å². The number of benzene rings is 2. The number of carbonyl (C=O) groups excluding carboxylic acids is 1. The van der Waals surface area contributed by atoms with E-state index < -0.39 is 0 Å². The zero-order valence-electron chi connectivity index (χ0n) is 18.0. The Morgan fingerprint density at radius 3 is 2.68 bits per heavy atom. The summed E-state index contributed by atoms with van der Waals surface area (Å²) in [4.78, 5) is 15.3. The monoisotopic (exact) mass is 422 g/mol. The normalized spacial score (nSPS) is 14.6. The third kappa shape index (κ3) is 5.24. The maximum Gasteiger partial charge on any atom is 0.272 e. The van der Waals surface area contributed by atoms with Gasteiger partial charge in [-0.05, 0) is 24.5 Å². The number of amides is 1. The van der Waals surface area contributed by atoms with Gasteiger partial charge < -0.3 is 14.8 Å². The van der Waals surface area contributed by atoms with Crippen LogP contribution in [0.5, 0.6) is 5.75 Å². The molecule has 2 aromatic carbocycles. The predicted octanol–water partition coefficient (Wildman–Crippen LogP) is 2.74. The molecule has 1 aliphatic heterocycles. The zero-order chi connectivity index (χ0) is 21.5. The summed E-state index contributed by atoms with van der Waals surface area (Å²) in [6.45, 7) is 5.53. The van der Waals surface area contributed by atoms with Crippen LogP contribution >= 0.6 is 0 Å². The van der Waals surface area contributed by atoms with Crippen molar-refractivity contribution >= 4 is 16.8 Å². The highest BCUT2D eigenvalue weighted by Crippen LogP contribution is 2.28. The van der Waals surface area contributed by atoms with Gasteiger partial charge in [0.15, 0.2) is 5.69 Å². The van der Waals surface area contributed by atoms with Gasteiger partial charge in [-0.15, -0.1) is 0 Å². The van der Waals surface area contributed by atoms with Gasteiger partial charge in [0.25, 0.3) is 5.91 Å². The number of rotatable bonds is 9. The van der Waals surface area contributed by atoms with Crippen molar-refractivity contribution in [1.82, 2.24) is 20.0 Å². The molecule has 1 aromatic heterocycles. The van der Waals surface area contributed by atoms with Crippen LogP contribution in [0.1, 0.15) is 22.5 Å². The second kappa shape index (κ2) is 10.4. The molecule has 1 saturated heterocycles. The molecule has 1 aliphatic rings. The summed E-state index contributed by atoms with van der Waals surface area (Å²) < 4.78 is 12.9. The summed E-state index contributed by atoms with van der Waals surface area (Å²) in [5.41, 5.74) is 2.60. The smallest absolute Gasteiger partial charge is 0.272 e. The highest BCUT2D eigenvalue weighted by molar-refractivity contribution is 6.06. The van der Waals surface area contributed by atoms with Crippen molar-refractivity contribution in [3.63, 3.8) is 0 Å². The molecule has 7 nitrogen and oxygen atoms in total. The number of aryl methyl sites for hydroxylation is 1. The second-order valence-electron chi connectivity index (χ2n) is 7.73. The Kier molecular flexibility index (Phi) is 7.17. The molecular formula is C24H30N4O3. The number of nitrogens with one attached hydrogen (secondary N) is 1. The van der Waals surface area contributed by atoms with Crippen LogP contribution in [0.3, 0.4) is 0 Å². The number of hydrogen-bond acceptors (Lipinski definition) is 5. The molecule has 1 N–H and O–H groups in total. The van der Waals surface area contributed by atoms with Crippen LogP contribution in [0, 0.1) is 0 Å². The Bertz CT molecular complexity index is 997. The fourth-order valence-corrected chi connectivity index (χ4v) is 3.98. The topological polar surface area (TPSA) is 68.6 Å². The van der Waals surface area contributed by atoms with Crippen LogP contribution in [0.4, 0.5) is 0 Å². The molecule has 3 aromatic rings. The number of aromatic nitrogens is 2.